The second kappa shape index (κ2) is 17.8. The van der Waals surface area contributed by atoms with Crippen LogP contribution in [0, 0.1) is 23.1 Å². The number of benzene rings is 2. The minimum absolute atomic E-state index is 0.142. The smallest absolute Gasteiger partial charge is 0.224 e. The molecule has 270 valence electrons. The van der Waals surface area contributed by atoms with Crippen LogP contribution >= 0.6 is 0 Å². The quantitative estimate of drug-likeness (QED) is 0.174. The van der Waals surface area contributed by atoms with Gasteiger partial charge in [-0.05, 0) is 83.8 Å². The Morgan fingerprint density at radius 1 is 1.06 bits per heavy atom. The first-order chi connectivity index (χ1) is 24.2. The van der Waals surface area contributed by atoms with Crippen LogP contribution in [0.4, 0.5) is 21.5 Å². The number of hydrogen-bond donors (Lipinski definition) is 3. The number of ether oxygens (including phenoxy) is 2. The summed E-state index contributed by atoms with van der Waals surface area (Å²) in [7, 11) is 3.94. The summed E-state index contributed by atoms with van der Waals surface area (Å²) in [5.74, 6) is 0.780. The van der Waals surface area contributed by atoms with Crippen LogP contribution in [0.25, 0.3) is 10.9 Å². The summed E-state index contributed by atoms with van der Waals surface area (Å²) in [6, 6.07) is 10.7. The van der Waals surface area contributed by atoms with Crippen LogP contribution in [-0.4, -0.2) is 61.2 Å². The molecular weight excluding hydrogens is 631 g/mol. The number of halogens is 1. The number of anilines is 3. The molecular formula is C40H55FN6O3. The molecule has 2 unspecified atom stereocenters. The van der Waals surface area contributed by atoms with Crippen LogP contribution in [0.1, 0.15) is 103 Å². The maximum atomic E-state index is 15.7. The normalized spacial score (nSPS) is 19.5. The van der Waals surface area contributed by atoms with Crippen molar-refractivity contribution in [3.63, 3.8) is 0 Å². The minimum Gasteiger partial charge on any atom is -0.492 e. The lowest BCUT2D eigenvalue weighted by atomic mass is 9.74. The Kier molecular flexibility index (Phi) is 13.3. The Bertz CT molecular complexity index is 1630. The number of hydrogen-bond acceptors (Lipinski definition) is 8. The molecule has 1 aliphatic heterocycles. The highest BCUT2D eigenvalue weighted by molar-refractivity contribution is 6.02. The minimum atomic E-state index is -0.495. The Balaban J connectivity index is 1.31. The summed E-state index contributed by atoms with van der Waals surface area (Å²) in [5.41, 5.74) is 2.04. The molecule has 3 N–H and O–H groups in total. The molecule has 1 aromatic heterocycles. The van der Waals surface area contributed by atoms with Crippen molar-refractivity contribution in [2.45, 2.75) is 109 Å². The average Bonchev–Trinajstić information content (AvgIpc) is 3.09. The van der Waals surface area contributed by atoms with Crippen molar-refractivity contribution in [3.8, 4) is 17.6 Å². The predicted molar refractivity (Wildman–Crippen MR) is 199 cm³/mol. The molecule has 1 aliphatic carbocycles. The van der Waals surface area contributed by atoms with Crippen molar-refractivity contribution in [1.29, 1.82) is 5.26 Å². The lowest BCUT2D eigenvalue weighted by molar-refractivity contribution is -0.116. The molecule has 2 heterocycles. The van der Waals surface area contributed by atoms with E-state index in [4.69, 9.17) is 9.47 Å². The number of rotatable bonds is 12. The molecule has 2 aliphatic rings. The molecule has 2 aromatic carbocycles. The number of fused-ring (bicyclic) bond motifs is 1. The maximum Gasteiger partial charge on any atom is 0.224 e. The van der Waals surface area contributed by atoms with E-state index in [2.05, 4.69) is 33.9 Å². The third-order valence-corrected chi connectivity index (χ3v) is 10.4. The van der Waals surface area contributed by atoms with E-state index in [1.165, 1.54) is 82.9 Å². The van der Waals surface area contributed by atoms with Gasteiger partial charge >= 0.3 is 0 Å². The van der Waals surface area contributed by atoms with E-state index in [1.807, 2.05) is 25.9 Å². The summed E-state index contributed by atoms with van der Waals surface area (Å²) in [4.78, 5) is 19.3. The number of nitrogens with zero attached hydrogens (tertiary/aromatic N) is 3. The summed E-state index contributed by atoms with van der Waals surface area (Å²) in [6.07, 6.45) is 16.6. The number of carbonyl (C=O) groups is 1. The second-order valence-corrected chi connectivity index (χ2v) is 14.5. The van der Waals surface area contributed by atoms with Gasteiger partial charge in [0.1, 0.15) is 30.0 Å². The molecule has 0 radical (unpaired) electrons. The van der Waals surface area contributed by atoms with E-state index in [-0.39, 0.29) is 28.7 Å². The van der Waals surface area contributed by atoms with Gasteiger partial charge in [0.25, 0.3) is 0 Å². The highest BCUT2D eigenvalue weighted by Crippen LogP contribution is 2.38. The number of aromatic nitrogens is 1. The van der Waals surface area contributed by atoms with Crippen LogP contribution in [0.2, 0.25) is 0 Å². The number of nitrogens with one attached hydrogen (secondary N) is 3. The highest BCUT2D eigenvalue weighted by atomic mass is 19.1. The van der Waals surface area contributed by atoms with Gasteiger partial charge in [0.2, 0.25) is 5.91 Å². The summed E-state index contributed by atoms with van der Waals surface area (Å²) < 4.78 is 27.8. The maximum absolute atomic E-state index is 15.7. The molecule has 1 amide bonds. The molecule has 1 saturated carbocycles. The third kappa shape index (κ3) is 9.85. The van der Waals surface area contributed by atoms with E-state index < -0.39 is 5.82 Å². The predicted octanol–water partition coefficient (Wildman–Crippen LogP) is 8.70. The zero-order valence-corrected chi connectivity index (χ0v) is 30.4. The molecule has 5 rings (SSSR count). The van der Waals surface area contributed by atoms with Gasteiger partial charge in [-0.1, -0.05) is 51.9 Å². The lowest BCUT2D eigenvalue weighted by Crippen LogP contribution is -2.58. The second-order valence-electron chi connectivity index (χ2n) is 14.5. The van der Waals surface area contributed by atoms with Crippen molar-refractivity contribution in [2.24, 2.45) is 5.92 Å². The van der Waals surface area contributed by atoms with Crippen molar-refractivity contribution in [2.75, 3.05) is 44.5 Å². The zero-order chi connectivity index (χ0) is 35.5. The SMILES string of the molecule is CCOc1cc2ncc(C#N)c(Nc3ccc(OCC4NC5(CCCCCCCCC5)CCC4C)cc3F)c2cc1NC(=O)CCCN(C)C. The number of carbonyl (C=O) groups excluding carboxylic acids is 1. The van der Waals surface area contributed by atoms with E-state index in [0.29, 0.717) is 65.8 Å². The van der Waals surface area contributed by atoms with Crippen molar-refractivity contribution in [3.05, 3.63) is 47.9 Å². The van der Waals surface area contributed by atoms with Crippen molar-refractivity contribution < 1.29 is 18.7 Å². The fourth-order valence-corrected chi connectivity index (χ4v) is 7.44. The van der Waals surface area contributed by atoms with Gasteiger partial charge in [-0.15, -0.1) is 0 Å². The fraction of sp³-hybridized carbons (Fsp3) is 0.575. The molecule has 1 spiro atoms. The molecule has 9 nitrogen and oxygen atoms in total. The molecule has 2 atom stereocenters. The lowest BCUT2D eigenvalue weighted by Gasteiger charge is -2.46. The number of amides is 1. The van der Waals surface area contributed by atoms with Crippen LogP contribution in [-0.2, 0) is 4.79 Å². The van der Waals surface area contributed by atoms with Gasteiger partial charge in [0.15, 0.2) is 0 Å². The Hall–Kier alpha value is -3.94. The third-order valence-electron chi connectivity index (χ3n) is 10.4. The van der Waals surface area contributed by atoms with Gasteiger partial charge in [-0.2, -0.15) is 5.26 Å². The van der Waals surface area contributed by atoms with Gasteiger partial charge in [0, 0.05) is 41.7 Å². The topological polar surface area (TPSA) is 112 Å². The first-order valence-electron chi connectivity index (χ1n) is 18.6. The zero-order valence-electron chi connectivity index (χ0n) is 30.4. The fourth-order valence-electron chi connectivity index (χ4n) is 7.44. The van der Waals surface area contributed by atoms with Gasteiger partial charge in [-0.3, -0.25) is 9.78 Å². The highest BCUT2D eigenvalue weighted by Gasteiger charge is 2.38. The monoisotopic (exact) mass is 686 g/mol. The van der Waals surface area contributed by atoms with Crippen LogP contribution in [0.5, 0.6) is 11.5 Å². The molecule has 3 aromatic rings. The first kappa shape index (κ1) is 37.3. The largest absolute Gasteiger partial charge is 0.492 e. The Morgan fingerprint density at radius 3 is 2.48 bits per heavy atom. The Labute approximate surface area is 297 Å². The summed E-state index contributed by atoms with van der Waals surface area (Å²) in [6.45, 7) is 5.82. The number of nitriles is 1. The van der Waals surface area contributed by atoms with E-state index in [0.717, 1.165) is 6.54 Å². The van der Waals surface area contributed by atoms with Crippen molar-refractivity contribution in [1.82, 2.24) is 15.2 Å². The molecule has 2 fully saturated rings. The average molecular weight is 687 g/mol. The molecule has 1 saturated heterocycles. The van der Waals surface area contributed by atoms with E-state index in [1.54, 1.807) is 24.3 Å². The summed E-state index contributed by atoms with van der Waals surface area (Å²) in [5, 5.41) is 20.7. The molecule has 0 bridgehead atoms. The Morgan fingerprint density at radius 2 is 1.80 bits per heavy atom. The van der Waals surface area contributed by atoms with Gasteiger partial charge < -0.3 is 30.3 Å². The van der Waals surface area contributed by atoms with Gasteiger partial charge in [-0.25, -0.2) is 4.39 Å². The number of pyridine rings is 1. The standard InChI is InChI=1S/C40H55FN6O3/c1-5-49-37-24-34-31(23-35(37)44-38(48)14-13-21-47(3)4)39(29(25-42)26-43-34)45-33-16-15-30(22-32(33)41)50-27-36-28(2)17-20-40(46-36)18-11-9-7-6-8-10-12-19-40/h15-16,22-24,26,28,36,46H,5-14,17-21,27H2,1-4H3,(H,43,45)(H,44,48). The van der Waals surface area contributed by atoms with Crippen LogP contribution < -0.4 is 25.4 Å². The number of piperidine rings is 1. The van der Waals surface area contributed by atoms with Gasteiger partial charge in [0.05, 0.1) is 34.7 Å². The summed E-state index contributed by atoms with van der Waals surface area (Å²) >= 11 is 0. The first-order valence-corrected chi connectivity index (χ1v) is 18.6. The molecule has 50 heavy (non-hydrogen) atoms. The van der Waals surface area contributed by atoms with E-state index in [9.17, 15) is 10.1 Å². The van der Waals surface area contributed by atoms with Crippen LogP contribution in [0.3, 0.4) is 0 Å². The molecule has 10 heteroatoms. The van der Waals surface area contributed by atoms with E-state index >= 15 is 4.39 Å². The van der Waals surface area contributed by atoms with Crippen molar-refractivity contribution >= 4 is 33.9 Å². The van der Waals surface area contributed by atoms with Crippen LogP contribution in [0.15, 0.2) is 36.5 Å².